The molecule has 3 nitrogen and oxygen atoms in total. The van der Waals surface area contributed by atoms with E-state index < -0.39 is 0 Å². The Kier molecular flexibility index (Phi) is 5.19. The molecule has 1 aromatic carbocycles. The fraction of sp³-hybridized carbons (Fsp3) is 0.333. The molecule has 1 aromatic rings. The Hall–Kier alpha value is -1.71. The van der Waals surface area contributed by atoms with Crippen molar-refractivity contribution in [3.63, 3.8) is 0 Å². The van der Waals surface area contributed by atoms with Crippen LogP contribution in [0.5, 0.6) is 0 Å². The normalized spacial score (nSPS) is 10.6. The van der Waals surface area contributed by atoms with Crippen LogP contribution in [0.2, 0.25) is 0 Å². The number of hydrazone groups is 1. The van der Waals surface area contributed by atoms with Crippen molar-refractivity contribution in [3.8, 4) is 0 Å². The number of halogens is 1. The predicted octanol–water partition coefficient (Wildman–Crippen LogP) is 2.47. The van der Waals surface area contributed by atoms with Crippen LogP contribution in [0.1, 0.15) is 31.7 Å². The van der Waals surface area contributed by atoms with Gasteiger partial charge >= 0.3 is 0 Å². The molecule has 16 heavy (non-hydrogen) atoms. The SMILES string of the molecule is CCCCC(=O)N/N=C/c1ccc(F)cc1. The second-order valence-electron chi connectivity index (χ2n) is 3.45. The van der Waals surface area contributed by atoms with Crippen molar-refractivity contribution in [2.75, 3.05) is 0 Å². The fourth-order valence-corrected chi connectivity index (χ4v) is 1.12. The lowest BCUT2D eigenvalue weighted by Gasteiger charge is -1.97. The van der Waals surface area contributed by atoms with Crippen molar-refractivity contribution in [3.05, 3.63) is 35.6 Å². The van der Waals surface area contributed by atoms with E-state index in [1.807, 2.05) is 6.92 Å². The van der Waals surface area contributed by atoms with E-state index >= 15 is 0 Å². The molecular weight excluding hydrogens is 207 g/mol. The molecule has 0 fully saturated rings. The van der Waals surface area contributed by atoms with Crippen LogP contribution in [-0.4, -0.2) is 12.1 Å². The summed E-state index contributed by atoms with van der Waals surface area (Å²) in [5.41, 5.74) is 3.16. The number of carbonyl (C=O) groups excluding carboxylic acids is 1. The van der Waals surface area contributed by atoms with Crippen LogP contribution in [0.4, 0.5) is 4.39 Å². The van der Waals surface area contributed by atoms with E-state index in [1.54, 1.807) is 12.1 Å². The number of carbonyl (C=O) groups is 1. The molecule has 86 valence electrons. The maximum atomic E-state index is 12.6. The molecule has 0 radical (unpaired) electrons. The van der Waals surface area contributed by atoms with Crippen molar-refractivity contribution >= 4 is 12.1 Å². The lowest BCUT2D eigenvalue weighted by molar-refractivity contribution is -0.121. The average molecular weight is 222 g/mol. The quantitative estimate of drug-likeness (QED) is 0.603. The van der Waals surface area contributed by atoms with Gasteiger partial charge in [-0.15, -0.1) is 0 Å². The van der Waals surface area contributed by atoms with E-state index in [4.69, 9.17) is 0 Å². The summed E-state index contributed by atoms with van der Waals surface area (Å²) in [6.07, 6.45) is 3.81. The smallest absolute Gasteiger partial charge is 0.240 e. The Balaban J connectivity index is 2.37. The molecule has 0 saturated carbocycles. The first kappa shape index (κ1) is 12.4. The Bertz CT molecular complexity index is 360. The van der Waals surface area contributed by atoms with Gasteiger partial charge in [0.05, 0.1) is 6.21 Å². The van der Waals surface area contributed by atoms with Gasteiger partial charge in [0, 0.05) is 6.42 Å². The molecule has 0 aromatic heterocycles. The molecule has 0 aliphatic heterocycles. The number of hydrogen-bond donors (Lipinski definition) is 1. The second kappa shape index (κ2) is 6.71. The number of hydrogen-bond acceptors (Lipinski definition) is 2. The summed E-state index contributed by atoms with van der Waals surface area (Å²) >= 11 is 0. The molecule has 0 atom stereocenters. The van der Waals surface area contributed by atoms with Gasteiger partial charge < -0.3 is 0 Å². The molecule has 0 saturated heterocycles. The van der Waals surface area contributed by atoms with E-state index in [0.717, 1.165) is 18.4 Å². The fourth-order valence-electron chi connectivity index (χ4n) is 1.12. The minimum Gasteiger partial charge on any atom is -0.273 e. The second-order valence-corrected chi connectivity index (χ2v) is 3.45. The van der Waals surface area contributed by atoms with Gasteiger partial charge in [-0.25, -0.2) is 9.82 Å². The molecule has 0 unspecified atom stereocenters. The van der Waals surface area contributed by atoms with Crippen molar-refractivity contribution < 1.29 is 9.18 Å². The highest BCUT2D eigenvalue weighted by molar-refractivity contribution is 5.82. The highest BCUT2D eigenvalue weighted by Gasteiger charge is 1.96. The number of nitrogens with one attached hydrogen (secondary N) is 1. The molecule has 1 amide bonds. The lowest BCUT2D eigenvalue weighted by Crippen LogP contribution is -2.16. The molecule has 0 aliphatic carbocycles. The van der Waals surface area contributed by atoms with Crippen LogP contribution in [0.25, 0.3) is 0 Å². The third-order valence-electron chi connectivity index (χ3n) is 2.03. The van der Waals surface area contributed by atoms with E-state index in [0.29, 0.717) is 6.42 Å². The maximum Gasteiger partial charge on any atom is 0.240 e. The Morgan fingerprint density at radius 1 is 1.44 bits per heavy atom. The number of rotatable bonds is 5. The summed E-state index contributed by atoms with van der Waals surface area (Å²) in [6, 6.07) is 5.88. The zero-order valence-corrected chi connectivity index (χ0v) is 9.24. The van der Waals surface area contributed by atoms with Crippen molar-refractivity contribution in [1.82, 2.24) is 5.43 Å². The molecule has 0 bridgehead atoms. The van der Waals surface area contributed by atoms with Gasteiger partial charge in [0.1, 0.15) is 5.82 Å². The highest BCUT2D eigenvalue weighted by atomic mass is 19.1. The first-order valence-electron chi connectivity index (χ1n) is 5.30. The minimum atomic E-state index is -0.288. The number of nitrogens with zero attached hydrogens (tertiary/aromatic N) is 1. The van der Waals surface area contributed by atoms with Crippen LogP contribution in [-0.2, 0) is 4.79 Å². The molecule has 0 aliphatic rings. The molecular formula is C12H15FN2O. The first-order chi connectivity index (χ1) is 7.72. The number of amides is 1. The van der Waals surface area contributed by atoms with Gasteiger partial charge in [-0.2, -0.15) is 5.10 Å². The third-order valence-corrected chi connectivity index (χ3v) is 2.03. The third kappa shape index (κ3) is 4.68. The van der Waals surface area contributed by atoms with Crippen LogP contribution >= 0.6 is 0 Å². The molecule has 1 rings (SSSR count). The van der Waals surface area contributed by atoms with Crippen LogP contribution < -0.4 is 5.43 Å². The predicted molar refractivity (Wildman–Crippen MR) is 61.7 cm³/mol. The maximum absolute atomic E-state index is 12.6. The monoisotopic (exact) mass is 222 g/mol. The molecule has 0 heterocycles. The molecule has 4 heteroatoms. The van der Waals surface area contributed by atoms with Crippen LogP contribution in [0, 0.1) is 5.82 Å². The summed E-state index contributed by atoms with van der Waals surface area (Å²) in [4.78, 5) is 11.2. The zero-order valence-electron chi connectivity index (χ0n) is 9.24. The topological polar surface area (TPSA) is 41.5 Å². The van der Waals surface area contributed by atoms with E-state index in [-0.39, 0.29) is 11.7 Å². The van der Waals surface area contributed by atoms with Gasteiger partial charge in [0.25, 0.3) is 0 Å². The Morgan fingerprint density at radius 2 is 2.12 bits per heavy atom. The van der Waals surface area contributed by atoms with E-state index in [2.05, 4.69) is 10.5 Å². The van der Waals surface area contributed by atoms with Crippen molar-refractivity contribution in [2.24, 2.45) is 5.10 Å². The van der Waals surface area contributed by atoms with Gasteiger partial charge in [0.15, 0.2) is 0 Å². The van der Waals surface area contributed by atoms with Gasteiger partial charge in [-0.05, 0) is 24.1 Å². The Labute approximate surface area is 94.4 Å². The largest absolute Gasteiger partial charge is 0.273 e. The molecule has 0 spiro atoms. The van der Waals surface area contributed by atoms with Gasteiger partial charge in [-0.1, -0.05) is 25.5 Å². The highest BCUT2D eigenvalue weighted by Crippen LogP contribution is 1.99. The zero-order chi connectivity index (χ0) is 11.8. The first-order valence-corrected chi connectivity index (χ1v) is 5.30. The standard InChI is InChI=1S/C12H15FN2O/c1-2-3-4-12(16)15-14-9-10-5-7-11(13)8-6-10/h5-9H,2-4H2,1H3,(H,15,16)/b14-9+. The summed E-state index contributed by atoms with van der Waals surface area (Å²) in [5.74, 6) is -0.385. The van der Waals surface area contributed by atoms with Crippen LogP contribution in [0.3, 0.4) is 0 Å². The Morgan fingerprint density at radius 3 is 2.75 bits per heavy atom. The average Bonchev–Trinajstić information content (AvgIpc) is 2.29. The van der Waals surface area contributed by atoms with Crippen LogP contribution in [0.15, 0.2) is 29.4 Å². The number of benzene rings is 1. The van der Waals surface area contributed by atoms with Crippen molar-refractivity contribution in [1.29, 1.82) is 0 Å². The summed E-state index contributed by atoms with van der Waals surface area (Å²) < 4.78 is 12.6. The summed E-state index contributed by atoms with van der Waals surface area (Å²) in [7, 11) is 0. The van der Waals surface area contributed by atoms with E-state index in [9.17, 15) is 9.18 Å². The number of unbranched alkanes of at least 4 members (excludes halogenated alkanes) is 1. The van der Waals surface area contributed by atoms with Gasteiger partial charge in [-0.3, -0.25) is 4.79 Å². The van der Waals surface area contributed by atoms with Crippen molar-refractivity contribution in [2.45, 2.75) is 26.2 Å². The molecule has 1 N–H and O–H groups in total. The minimum absolute atomic E-state index is 0.0970. The van der Waals surface area contributed by atoms with Gasteiger partial charge in [0.2, 0.25) is 5.91 Å². The summed E-state index contributed by atoms with van der Waals surface area (Å²) in [6.45, 7) is 2.02. The van der Waals surface area contributed by atoms with E-state index in [1.165, 1.54) is 18.3 Å². The lowest BCUT2D eigenvalue weighted by atomic mass is 10.2. The summed E-state index contributed by atoms with van der Waals surface area (Å²) in [5, 5.41) is 3.78.